The second-order valence-electron chi connectivity index (χ2n) is 6.97. The molecule has 8 heteroatoms. The van der Waals surface area contributed by atoms with Gasteiger partial charge in [-0.25, -0.2) is 0 Å². The van der Waals surface area contributed by atoms with E-state index in [4.69, 9.17) is 11.6 Å². The molecule has 3 heterocycles. The predicted octanol–water partition coefficient (Wildman–Crippen LogP) is 4.44. The zero-order valence-corrected chi connectivity index (χ0v) is 17.5. The minimum Gasteiger partial charge on any atom is -0.362 e. The molecule has 146 valence electrons. The summed E-state index contributed by atoms with van der Waals surface area (Å²) >= 11 is 7.86. The molecule has 1 saturated heterocycles. The predicted molar refractivity (Wildman–Crippen MR) is 113 cm³/mol. The molecule has 0 aliphatic carbocycles. The maximum absolute atomic E-state index is 12.7. The van der Waals surface area contributed by atoms with Crippen LogP contribution in [-0.2, 0) is 0 Å². The second kappa shape index (κ2) is 8.01. The fourth-order valence-corrected chi connectivity index (χ4v) is 4.59. The van der Waals surface area contributed by atoms with E-state index in [-0.39, 0.29) is 5.78 Å². The molecule has 28 heavy (non-hydrogen) atoms. The highest BCUT2D eigenvalue weighted by Crippen LogP contribution is 2.32. The van der Waals surface area contributed by atoms with E-state index in [1.165, 1.54) is 11.8 Å². The van der Waals surface area contributed by atoms with Gasteiger partial charge >= 0.3 is 0 Å². The van der Waals surface area contributed by atoms with Crippen molar-refractivity contribution in [1.82, 2.24) is 19.7 Å². The van der Waals surface area contributed by atoms with E-state index in [2.05, 4.69) is 20.1 Å². The van der Waals surface area contributed by atoms with Gasteiger partial charge in [0.05, 0.1) is 16.5 Å². The van der Waals surface area contributed by atoms with E-state index in [1.807, 2.05) is 48.7 Å². The largest absolute Gasteiger partial charge is 0.362 e. The Bertz CT molecular complexity index is 1010. The van der Waals surface area contributed by atoms with E-state index < -0.39 is 0 Å². The molecule has 1 aliphatic rings. The quantitative estimate of drug-likeness (QED) is 0.476. The smallest absolute Gasteiger partial charge is 0.232 e. The lowest BCUT2D eigenvalue weighted by Gasteiger charge is -2.19. The van der Waals surface area contributed by atoms with Crippen molar-refractivity contribution in [3.8, 4) is 5.69 Å². The highest BCUT2D eigenvalue weighted by Gasteiger charge is 2.24. The van der Waals surface area contributed by atoms with E-state index in [0.29, 0.717) is 15.9 Å². The van der Waals surface area contributed by atoms with Crippen LogP contribution in [0, 0.1) is 13.8 Å². The first kappa shape index (κ1) is 19.1. The van der Waals surface area contributed by atoms with Crippen LogP contribution in [0.2, 0.25) is 5.02 Å². The molecule has 0 amide bonds. The summed E-state index contributed by atoms with van der Waals surface area (Å²) in [7, 11) is 0. The molecule has 1 aromatic carbocycles. The summed E-state index contributed by atoms with van der Waals surface area (Å²) in [6, 6.07) is 9.55. The number of aryl methyl sites for hydroxylation is 2. The number of nitrogens with one attached hydrogen (secondary N) is 1. The number of Topliss-reactive ketones (excluding diaryl/α,β-unsaturated/α-hetero) is 1. The minimum absolute atomic E-state index is 0.0725. The summed E-state index contributed by atoms with van der Waals surface area (Å²) in [6.07, 6.45) is 2.28. The van der Waals surface area contributed by atoms with Crippen LogP contribution >= 0.6 is 23.4 Å². The number of carbonyl (C=O) groups excluding carboxylic acids is 1. The number of rotatable bonds is 6. The Kier molecular flexibility index (Phi) is 5.46. The van der Waals surface area contributed by atoms with E-state index >= 15 is 0 Å². The summed E-state index contributed by atoms with van der Waals surface area (Å²) in [5.41, 5.74) is 3.45. The summed E-state index contributed by atoms with van der Waals surface area (Å²) in [5.74, 6) is 1.15. The summed E-state index contributed by atoms with van der Waals surface area (Å²) in [5, 5.41) is 10.1. The second-order valence-corrected chi connectivity index (χ2v) is 8.32. The molecule has 0 spiro atoms. The van der Waals surface area contributed by atoms with E-state index in [0.717, 1.165) is 54.5 Å². The number of hydrogen-bond acceptors (Lipinski definition) is 5. The number of para-hydroxylation sites is 1. The van der Waals surface area contributed by atoms with Crippen molar-refractivity contribution in [1.29, 1.82) is 0 Å². The van der Waals surface area contributed by atoms with Crippen LogP contribution in [0.1, 0.15) is 34.6 Å². The molecule has 0 atom stereocenters. The number of carbonyl (C=O) groups is 1. The Hall–Kier alpha value is -2.25. The van der Waals surface area contributed by atoms with Crippen LogP contribution in [0.3, 0.4) is 0 Å². The number of thioether (sulfide) groups is 1. The highest BCUT2D eigenvalue weighted by atomic mass is 35.5. The molecule has 0 bridgehead atoms. The van der Waals surface area contributed by atoms with Gasteiger partial charge in [0.1, 0.15) is 0 Å². The molecule has 0 saturated carbocycles. The monoisotopic (exact) mass is 415 g/mol. The zero-order chi connectivity index (χ0) is 19.7. The van der Waals surface area contributed by atoms with Crippen molar-refractivity contribution in [3.63, 3.8) is 0 Å². The van der Waals surface area contributed by atoms with Gasteiger partial charge in [-0.2, -0.15) is 0 Å². The van der Waals surface area contributed by atoms with E-state index in [9.17, 15) is 4.79 Å². The van der Waals surface area contributed by atoms with Crippen molar-refractivity contribution in [2.45, 2.75) is 31.8 Å². The van der Waals surface area contributed by atoms with Gasteiger partial charge in [-0.05, 0) is 44.9 Å². The van der Waals surface area contributed by atoms with Gasteiger partial charge in [-0.3, -0.25) is 9.36 Å². The molecule has 0 unspecified atom stereocenters. The highest BCUT2D eigenvalue weighted by molar-refractivity contribution is 7.99. The number of benzene rings is 1. The van der Waals surface area contributed by atoms with Crippen LogP contribution in [0.4, 0.5) is 5.95 Å². The fourth-order valence-electron chi connectivity index (χ4n) is 3.54. The first-order valence-corrected chi connectivity index (χ1v) is 10.7. The molecular formula is C20H22ClN5OS. The van der Waals surface area contributed by atoms with Gasteiger partial charge < -0.3 is 9.88 Å². The van der Waals surface area contributed by atoms with Crippen molar-refractivity contribution < 1.29 is 4.79 Å². The first-order valence-electron chi connectivity index (χ1n) is 9.32. The minimum atomic E-state index is 0.0725. The van der Waals surface area contributed by atoms with Crippen molar-refractivity contribution in [3.05, 3.63) is 52.3 Å². The Morgan fingerprint density at radius 1 is 1.21 bits per heavy atom. The molecule has 2 aromatic heterocycles. The maximum Gasteiger partial charge on any atom is 0.232 e. The molecule has 3 aromatic rings. The van der Waals surface area contributed by atoms with Crippen molar-refractivity contribution in [2.24, 2.45) is 0 Å². The Balaban J connectivity index is 1.64. The van der Waals surface area contributed by atoms with Gasteiger partial charge in [0.25, 0.3) is 0 Å². The lowest BCUT2D eigenvalue weighted by molar-refractivity contribution is 0.102. The van der Waals surface area contributed by atoms with Gasteiger partial charge in [0, 0.05) is 30.0 Å². The molecule has 1 aliphatic heterocycles. The number of nitrogens with zero attached hydrogens (tertiary/aromatic N) is 4. The number of aromatic nitrogens is 4. The fraction of sp³-hybridized carbons (Fsp3) is 0.350. The van der Waals surface area contributed by atoms with Crippen LogP contribution in [0.25, 0.3) is 5.69 Å². The van der Waals surface area contributed by atoms with Crippen LogP contribution in [0.5, 0.6) is 0 Å². The third-order valence-electron chi connectivity index (χ3n) is 4.88. The SMILES string of the molecule is Cc1cc(C(=O)CSc2nnc(N3CCCC3)n2-c2ccccc2Cl)c(C)[nH]1. The first-order chi connectivity index (χ1) is 13.5. The summed E-state index contributed by atoms with van der Waals surface area (Å²) in [4.78, 5) is 18.1. The Labute approximate surface area is 173 Å². The third-order valence-corrected chi connectivity index (χ3v) is 6.13. The molecule has 1 N–H and O–H groups in total. The lowest BCUT2D eigenvalue weighted by atomic mass is 10.2. The number of halogens is 1. The van der Waals surface area contributed by atoms with Gasteiger partial charge in [0.15, 0.2) is 10.9 Å². The Morgan fingerprint density at radius 2 is 1.96 bits per heavy atom. The molecule has 6 nitrogen and oxygen atoms in total. The number of anilines is 1. The average Bonchev–Trinajstić information content (AvgIpc) is 3.39. The Morgan fingerprint density at radius 3 is 2.64 bits per heavy atom. The van der Waals surface area contributed by atoms with E-state index in [1.54, 1.807) is 0 Å². The van der Waals surface area contributed by atoms with Crippen LogP contribution in [0.15, 0.2) is 35.5 Å². The third kappa shape index (κ3) is 3.69. The molecular weight excluding hydrogens is 394 g/mol. The van der Waals surface area contributed by atoms with Gasteiger partial charge in [-0.1, -0.05) is 35.5 Å². The maximum atomic E-state index is 12.7. The lowest BCUT2D eigenvalue weighted by Crippen LogP contribution is -2.22. The standard InChI is InChI=1S/C20H22ClN5OS/c1-13-11-15(14(2)22-13)18(27)12-28-20-24-23-19(25-9-5-6-10-25)26(20)17-8-4-3-7-16(17)21/h3-4,7-8,11,22H,5-6,9-10,12H2,1-2H3. The normalized spacial score (nSPS) is 14.0. The van der Waals surface area contributed by atoms with Crippen LogP contribution < -0.4 is 4.90 Å². The number of ketones is 1. The van der Waals surface area contributed by atoms with Crippen LogP contribution in [-0.4, -0.2) is 44.4 Å². The average molecular weight is 416 g/mol. The van der Waals surface area contributed by atoms with Gasteiger partial charge in [0.2, 0.25) is 5.95 Å². The summed E-state index contributed by atoms with van der Waals surface area (Å²) in [6.45, 7) is 5.78. The zero-order valence-electron chi connectivity index (χ0n) is 15.9. The van der Waals surface area contributed by atoms with Crippen molar-refractivity contribution in [2.75, 3.05) is 23.7 Å². The molecule has 0 radical (unpaired) electrons. The van der Waals surface area contributed by atoms with Gasteiger partial charge in [-0.15, -0.1) is 10.2 Å². The topological polar surface area (TPSA) is 66.8 Å². The number of hydrogen-bond donors (Lipinski definition) is 1. The molecule has 4 rings (SSSR count). The summed E-state index contributed by atoms with van der Waals surface area (Å²) < 4.78 is 1.97. The molecule has 1 fully saturated rings. The number of aromatic amines is 1. The number of H-pyrrole nitrogens is 1. The van der Waals surface area contributed by atoms with Crippen molar-refractivity contribution >= 4 is 35.1 Å².